The molecule has 2 saturated heterocycles. The van der Waals surface area contributed by atoms with Crippen molar-refractivity contribution in [1.29, 1.82) is 0 Å². The average Bonchev–Trinajstić information content (AvgIpc) is 3.22. The van der Waals surface area contributed by atoms with Crippen LogP contribution in [0.5, 0.6) is 0 Å². The van der Waals surface area contributed by atoms with E-state index in [0.29, 0.717) is 38.2 Å². The van der Waals surface area contributed by atoms with Gasteiger partial charge in [-0.1, -0.05) is 0 Å². The quantitative estimate of drug-likeness (QED) is 0.798. The van der Waals surface area contributed by atoms with E-state index in [0.717, 1.165) is 25.7 Å². The van der Waals surface area contributed by atoms with Crippen LogP contribution in [0.4, 0.5) is 0 Å². The van der Waals surface area contributed by atoms with Crippen LogP contribution in [-0.4, -0.2) is 60.8 Å². The Morgan fingerprint density at radius 3 is 2.33 bits per heavy atom. The Morgan fingerprint density at radius 2 is 1.70 bits per heavy atom. The van der Waals surface area contributed by atoms with Crippen LogP contribution < -0.4 is 0 Å². The Balaban J connectivity index is 1.65. The average molecular weight is 394 g/mol. The van der Waals surface area contributed by atoms with Crippen LogP contribution in [-0.2, 0) is 14.8 Å². The molecule has 0 aromatic heterocycles. The van der Waals surface area contributed by atoms with E-state index in [-0.39, 0.29) is 23.1 Å². The van der Waals surface area contributed by atoms with Crippen molar-refractivity contribution in [2.75, 3.05) is 26.2 Å². The maximum Gasteiger partial charge on any atom is 0.303 e. The van der Waals surface area contributed by atoms with Crippen molar-refractivity contribution in [3.63, 3.8) is 0 Å². The minimum Gasteiger partial charge on any atom is -0.481 e. The lowest BCUT2D eigenvalue weighted by molar-refractivity contribution is -0.137. The summed E-state index contributed by atoms with van der Waals surface area (Å²) in [6.45, 7) is 2.30. The van der Waals surface area contributed by atoms with Crippen molar-refractivity contribution in [3.05, 3.63) is 29.8 Å². The number of aliphatic carboxylic acids is 1. The highest BCUT2D eigenvalue weighted by Gasteiger charge is 2.28. The van der Waals surface area contributed by atoms with Crippen LogP contribution in [0.15, 0.2) is 29.2 Å². The molecule has 1 unspecified atom stereocenters. The van der Waals surface area contributed by atoms with Gasteiger partial charge in [0.25, 0.3) is 5.91 Å². The van der Waals surface area contributed by atoms with Gasteiger partial charge < -0.3 is 10.0 Å². The molecule has 8 heteroatoms. The maximum absolute atomic E-state index is 12.8. The molecule has 27 heavy (non-hydrogen) atoms. The molecule has 7 nitrogen and oxygen atoms in total. The Kier molecular flexibility index (Phi) is 6.16. The van der Waals surface area contributed by atoms with Crippen molar-refractivity contribution < 1.29 is 23.1 Å². The van der Waals surface area contributed by atoms with Crippen molar-refractivity contribution in [3.8, 4) is 0 Å². The normalized spacial score (nSPS) is 21.3. The highest BCUT2D eigenvalue weighted by atomic mass is 32.2. The van der Waals surface area contributed by atoms with Crippen LogP contribution in [0, 0.1) is 5.92 Å². The second kappa shape index (κ2) is 8.39. The van der Waals surface area contributed by atoms with Crippen LogP contribution in [0.2, 0.25) is 0 Å². The van der Waals surface area contributed by atoms with Gasteiger partial charge in [0, 0.05) is 38.2 Å². The second-order valence-corrected chi connectivity index (χ2v) is 9.27. The van der Waals surface area contributed by atoms with Gasteiger partial charge in [0.2, 0.25) is 10.0 Å². The lowest BCUT2D eigenvalue weighted by Gasteiger charge is -2.32. The number of carboxylic acids is 1. The number of sulfonamides is 1. The summed E-state index contributed by atoms with van der Waals surface area (Å²) in [6.07, 6.45) is 4.25. The summed E-state index contributed by atoms with van der Waals surface area (Å²) in [5.41, 5.74) is 0.467. The van der Waals surface area contributed by atoms with Crippen LogP contribution in [0.25, 0.3) is 0 Å². The molecule has 148 valence electrons. The number of carbonyl (C=O) groups is 2. The monoisotopic (exact) mass is 394 g/mol. The first kappa shape index (κ1) is 19.8. The number of hydrogen-bond acceptors (Lipinski definition) is 4. The van der Waals surface area contributed by atoms with Gasteiger partial charge in [-0.25, -0.2) is 8.42 Å². The van der Waals surface area contributed by atoms with E-state index in [1.54, 1.807) is 17.0 Å². The zero-order valence-electron chi connectivity index (χ0n) is 15.3. The van der Waals surface area contributed by atoms with Gasteiger partial charge >= 0.3 is 5.97 Å². The zero-order valence-corrected chi connectivity index (χ0v) is 16.2. The molecule has 0 radical (unpaired) electrons. The predicted molar refractivity (Wildman–Crippen MR) is 99.9 cm³/mol. The molecule has 2 aliphatic rings. The molecule has 1 aromatic carbocycles. The Morgan fingerprint density at radius 1 is 1.04 bits per heavy atom. The molecule has 2 heterocycles. The summed E-state index contributed by atoms with van der Waals surface area (Å²) in [5, 5.41) is 8.83. The number of nitrogens with zero attached hydrogens (tertiary/aromatic N) is 2. The second-order valence-electron chi connectivity index (χ2n) is 7.33. The van der Waals surface area contributed by atoms with Gasteiger partial charge in [-0.3, -0.25) is 9.59 Å². The van der Waals surface area contributed by atoms with E-state index in [2.05, 4.69) is 0 Å². The van der Waals surface area contributed by atoms with Crippen molar-refractivity contribution in [2.45, 2.75) is 43.4 Å². The number of likely N-dealkylation sites (tertiary alicyclic amines) is 1. The Hall–Kier alpha value is -1.93. The van der Waals surface area contributed by atoms with Gasteiger partial charge in [0.05, 0.1) is 4.90 Å². The standard InChI is InChI=1S/C19H26N2O5S/c22-18(23)10-5-15-4-3-11-20(14-15)19(24)16-6-8-17(9-7-16)27(25,26)21-12-1-2-13-21/h6-9,15H,1-5,10-14H2,(H,22,23). The third-order valence-electron chi connectivity index (χ3n) is 5.38. The summed E-state index contributed by atoms with van der Waals surface area (Å²) in [7, 11) is -3.48. The fourth-order valence-electron chi connectivity index (χ4n) is 3.84. The number of piperidine rings is 1. The van der Waals surface area contributed by atoms with Crippen LogP contribution in [0.3, 0.4) is 0 Å². The van der Waals surface area contributed by atoms with Crippen molar-refractivity contribution in [1.82, 2.24) is 9.21 Å². The number of rotatable bonds is 6. The minimum atomic E-state index is -3.48. The zero-order chi connectivity index (χ0) is 19.4. The van der Waals surface area contributed by atoms with E-state index in [9.17, 15) is 18.0 Å². The van der Waals surface area contributed by atoms with Gasteiger partial charge in [-0.05, 0) is 62.3 Å². The molecule has 1 N–H and O–H groups in total. The predicted octanol–water partition coefficient (Wildman–Crippen LogP) is 2.19. The molecule has 1 atom stereocenters. The number of amides is 1. The first-order valence-electron chi connectivity index (χ1n) is 9.49. The van der Waals surface area contributed by atoms with E-state index < -0.39 is 16.0 Å². The van der Waals surface area contributed by atoms with Gasteiger partial charge in [0.15, 0.2) is 0 Å². The first-order chi connectivity index (χ1) is 12.9. The van der Waals surface area contributed by atoms with Gasteiger partial charge in [-0.15, -0.1) is 0 Å². The molecule has 0 bridgehead atoms. The van der Waals surface area contributed by atoms with Crippen LogP contribution >= 0.6 is 0 Å². The molecule has 2 fully saturated rings. The molecular weight excluding hydrogens is 368 g/mol. The number of benzene rings is 1. The Labute approximate surface area is 160 Å². The summed E-state index contributed by atoms with van der Waals surface area (Å²) < 4.78 is 26.6. The maximum atomic E-state index is 12.8. The summed E-state index contributed by atoms with van der Waals surface area (Å²) in [5.74, 6) is -0.734. The molecule has 0 spiro atoms. The lowest BCUT2D eigenvalue weighted by Crippen LogP contribution is -2.40. The number of hydrogen-bond donors (Lipinski definition) is 1. The van der Waals surface area contributed by atoms with E-state index >= 15 is 0 Å². The minimum absolute atomic E-state index is 0.121. The van der Waals surface area contributed by atoms with E-state index in [1.807, 2.05) is 0 Å². The summed E-state index contributed by atoms with van der Waals surface area (Å²) >= 11 is 0. The van der Waals surface area contributed by atoms with Gasteiger partial charge in [0.1, 0.15) is 0 Å². The van der Waals surface area contributed by atoms with Gasteiger partial charge in [-0.2, -0.15) is 4.31 Å². The number of carboxylic acid groups (broad SMARTS) is 1. The molecule has 0 aliphatic carbocycles. The molecule has 2 aliphatic heterocycles. The van der Waals surface area contributed by atoms with Crippen molar-refractivity contribution in [2.24, 2.45) is 5.92 Å². The molecule has 1 amide bonds. The largest absolute Gasteiger partial charge is 0.481 e. The Bertz CT molecular complexity index is 785. The fraction of sp³-hybridized carbons (Fsp3) is 0.579. The fourth-order valence-corrected chi connectivity index (χ4v) is 5.36. The molecular formula is C19H26N2O5S. The lowest BCUT2D eigenvalue weighted by atomic mass is 9.93. The van der Waals surface area contributed by atoms with Crippen LogP contribution in [0.1, 0.15) is 48.9 Å². The highest BCUT2D eigenvalue weighted by Crippen LogP contribution is 2.24. The third-order valence-corrected chi connectivity index (χ3v) is 7.29. The molecule has 0 saturated carbocycles. The molecule has 1 aromatic rings. The summed E-state index contributed by atoms with van der Waals surface area (Å²) in [6, 6.07) is 6.16. The van der Waals surface area contributed by atoms with Crippen molar-refractivity contribution >= 4 is 21.9 Å². The van der Waals surface area contributed by atoms with E-state index in [1.165, 1.54) is 16.4 Å². The first-order valence-corrected chi connectivity index (χ1v) is 10.9. The smallest absolute Gasteiger partial charge is 0.303 e. The molecule has 3 rings (SSSR count). The SMILES string of the molecule is O=C(O)CCC1CCCN(C(=O)c2ccc(S(=O)(=O)N3CCCC3)cc2)C1. The van der Waals surface area contributed by atoms with E-state index in [4.69, 9.17) is 5.11 Å². The third kappa shape index (κ3) is 4.68. The topological polar surface area (TPSA) is 95.0 Å². The number of carbonyl (C=O) groups excluding carboxylic acids is 1. The highest BCUT2D eigenvalue weighted by molar-refractivity contribution is 7.89. The summed E-state index contributed by atoms with van der Waals surface area (Å²) in [4.78, 5) is 25.5.